The van der Waals surface area contributed by atoms with Crippen LogP contribution in [-0.4, -0.2) is 28.8 Å². The molecule has 0 radical (unpaired) electrons. The molecule has 1 atom stereocenters. The molecule has 1 aliphatic rings. The fraction of sp³-hybridized carbons (Fsp3) is 0.308. The second-order valence-corrected chi connectivity index (χ2v) is 3.98. The molecule has 1 aromatic rings. The molecule has 3 nitrogen and oxygen atoms in total. The molecule has 0 saturated carbocycles. The highest BCUT2D eigenvalue weighted by Gasteiger charge is 2.30. The predicted octanol–water partition coefficient (Wildman–Crippen LogP) is 1.63. The molecular weight excluding hydrogens is 221 g/mol. The Labute approximate surface area is 99.2 Å². The van der Waals surface area contributed by atoms with Gasteiger partial charge in [0.2, 0.25) is 5.91 Å². The molecule has 0 spiro atoms. The summed E-state index contributed by atoms with van der Waals surface area (Å²) in [5.41, 5.74) is 1.39. The first-order valence-electron chi connectivity index (χ1n) is 5.51. The lowest BCUT2D eigenvalue weighted by Gasteiger charge is -2.22. The van der Waals surface area contributed by atoms with Crippen molar-refractivity contribution in [3.8, 4) is 0 Å². The number of hydrogen-bond acceptors (Lipinski definition) is 2. The third-order valence-electron chi connectivity index (χ3n) is 2.80. The SMILES string of the molecule is O=C1C=C(CCF)C(O)N1Cc1ccccc1. The van der Waals surface area contributed by atoms with Gasteiger partial charge in [0, 0.05) is 19.0 Å². The van der Waals surface area contributed by atoms with Gasteiger partial charge >= 0.3 is 0 Å². The molecule has 1 heterocycles. The minimum Gasteiger partial charge on any atom is -0.369 e. The summed E-state index contributed by atoms with van der Waals surface area (Å²) in [4.78, 5) is 13.0. The van der Waals surface area contributed by atoms with Crippen LogP contribution in [0.4, 0.5) is 4.39 Å². The first kappa shape index (κ1) is 11.8. The van der Waals surface area contributed by atoms with Gasteiger partial charge in [-0.15, -0.1) is 0 Å². The molecule has 0 bridgehead atoms. The molecule has 1 aromatic carbocycles. The fourth-order valence-electron chi connectivity index (χ4n) is 1.89. The van der Waals surface area contributed by atoms with Crippen molar-refractivity contribution in [2.75, 3.05) is 6.67 Å². The van der Waals surface area contributed by atoms with Gasteiger partial charge in [-0.2, -0.15) is 0 Å². The Kier molecular flexibility index (Phi) is 3.54. The van der Waals surface area contributed by atoms with Crippen molar-refractivity contribution in [1.82, 2.24) is 4.90 Å². The summed E-state index contributed by atoms with van der Waals surface area (Å²) in [7, 11) is 0. The van der Waals surface area contributed by atoms with E-state index in [9.17, 15) is 14.3 Å². The third-order valence-corrected chi connectivity index (χ3v) is 2.80. The van der Waals surface area contributed by atoms with Crippen LogP contribution in [0.5, 0.6) is 0 Å². The summed E-state index contributed by atoms with van der Waals surface area (Å²) in [6.07, 6.45) is 0.448. The molecule has 0 fully saturated rings. The number of hydrogen-bond donors (Lipinski definition) is 1. The first-order valence-corrected chi connectivity index (χ1v) is 5.51. The minimum atomic E-state index is -0.988. The van der Waals surface area contributed by atoms with Crippen molar-refractivity contribution in [3.05, 3.63) is 47.5 Å². The summed E-state index contributed by atoms with van der Waals surface area (Å²) in [6, 6.07) is 9.40. The lowest BCUT2D eigenvalue weighted by atomic mass is 10.2. The van der Waals surface area contributed by atoms with Gasteiger partial charge in [-0.1, -0.05) is 30.3 Å². The summed E-state index contributed by atoms with van der Waals surface area (Å²) in [5.74, 6) is -0.259. The molecule has 1 unspecified atom stereocenters. The van der Waals surface area contributed by atoms with Crippen molar-refractivity contribution in [3.63, 3.8) is 0 Å². The molecule has 0 saturated heterocycles. The zero-order chi connectivity index (χ0) is 12.3. The van der Waals surface area contributed by atoms with Crippen molar-refractivity contribution < 1.29 is 14.3 Å². The maximum atomic E-state index is 12.2. The fourth-order valence-corrected chi connectivity index (χ4v) is 1.89. The third kappa shape index (κ3) is 2.53. The van der Waals surface area contributed by atoms with Gasteiger partial charge in [0.15, 0.2) is 6.23 Å². The Bertz CT molecular complexity index is 430. The van der Waals surface area contributed by atoms with Crippen molar-refractivity contribution >= 4 is 5.91 Å². The number of aliphatic hydroxyl groups is 1. The van der Waals surface area contributed by atoms with Crippen LogP contribution in [0.25, 0.3) is 0 Å². The Morgan fingerprint density at radius 3 is 2.65 bits per heavy atom. The molecule has 2 rings (SSSR count). The Morgan fingerprint density at radius 1 is 1.29 bits per heavy atom. The highest BCUT2D eigenvalue weighted by molar-refractivity contribution is 5.91. The lowest BCUT2D eigenvalue weighted by molar-refractivity contribution is -0.131. The van der Waals surface area contributed by atoms with E-state index in [0.717, 1.165) is 5.56 Å². The lowest BCUT2D eigenvalue weighted by Crippen LogP contribution is -2.34. The average Bonchev–Trinajstić information content (AvgIpc) is 2.59. The van der Waals surface area contributed by atoms with Gasteiger partial charge in [0.1, 0.15) is 0 Å². The number of aliphatic hydroxyl groups excluding tert-OH is 1. The summed E-state index contributed by atoms with van der Waals surface area (Å²) in [5, 5.41) is 9.88. The van der Waals surface area contributed by atoms with E-state index in [-0.39, 0.29) is 12.3 Å². The van der Waals surface area contributed by atoms with Gasteiger partial charge in [-0.05, 0) is 11.1 Å². The van der Waals surface area contributed by atoms with E-state index in [0.29, 0.717) is 12.1 Å². The smallest absolute Gasteiger partial charge is 0.249 e. The zero-order valence-electron chi connectivity index (χ0n) is 9.34. The number of amides is 1. The molecule has 1 N–H and O–H groups in total. The van der Waals surface area contributed by atoms with E-state index >= 15 is 0 Å². The number of carbonyl (C=O) groups is 1. The summed E-state index contributed by atoms with van der Waals surface area (Å²) >= 11 is 0. The second kappa shape index (κ2) is 5.10. The molecular formula is C13H14FNO2. The van der Waals surface area contributed by atoms with E-state index in [4.69, 9.17) is 0 Å². The Balaban J connectivity index is 2.07. The van der Waals surface area contributed by atoms with Gasteiger partial charge in [-0.3, -0.25) is 9.18 Å². The molecule has 4 heteroatoms. The predicted molar refractivity (Wildman–Crippen MR) is 61.7 cm³/mol. The van der Waals surface area contributed by atoms with E-state index in [1.54, 1.807) is 0 Å². The maximum absolute atomic E-state index is 12.2. The van der Waals surface area contributed by atoms with Gasteiger partial charge in [0.05, 0.1) is 6.67 Å². The topological polar surface area (TPSA) is 40.5 Å². The Morgan fingerprint density at radius 2 is 2.00 bits per heavy atom. The van der Waals surface area contributed by atoms with Crippen molar-refractivity contribution in [1.29, 1.82) is 0 Å². The van der Waals surface area contributed by atoms with Crippen LogP contribution in [0.15, 0.2) is 42.0 Å². The summed E-state index contributed by atoms with van der Waals surface area (Å²) in [6.45, 7) is -0.220. The van der Waals surface area contributed by atoms with Crippen molar-refractivity contribution in [2.24, 2.45) is 0 Å². The van der Waals surface area contributed by atoms with Crippen LogP contribution in [-0.2, 0) is 11.3 Å². The highest BCUT2D eigenvalue weighted by Crippen LogP contribution is 2.22. The zero-order valence-corrected chi connectivity index (χ0v) is 9.34. The number of benzene rings is 1. The van der Waals surface area contributed by atoms with Crippen molar-refractivity contribution in [2.45, 2.75) is 19.2 Å². The van der Waals surface area contributed by atoms with E-state index in [1.807, 2.05) is 30.3 Å². The van der Waals surface area contributed by atoms with Crippen LogP contribution < -0.4 is 0 Å². The summed E-state index contributed by atoms with van der Waals surface area (Å²) < 4.78 is 12.2. The molecule has 1 amide bonds. The van der Waals surface area contributed by atoms with Crippen LogP contribution in [0.1, 0.15) is 12.0 Å². The maximum Gasteiger partial charge on any atom is 0.249 e. The Hall–Kier alpha value is -1.68. The molecule has 17 heavy (non-hydrogen) atoms. The van der Waals surface area contributed by atoms with Crippen LogP contribution >= 0.6 is 0 Å². The standard InChI is InChI=1S/C13H14FNO2/c14-7-6-11-8-12(16)15(13(11)17)9-10-4-2-1-3-5-10/h1-5,8,13,17H,6-7,9H2. The number of alkyl halides is 1. The molecule has 0 aliphatic carbocycles. The minimum absolute atomic E-state index is 0.109. The van der Waals surface area contributed by atoms with Crippen LogP contribution in [0.2, 0.25) is 0 Å². The molecule has 1 aliphatic heterocycles. The monoisotopic (exact) mass is 235 g/mol. The largest absolute Gasteiger partial charge is 0.369 e. The van der Waals surface area contributed by atoms with E-state index < -0.39 is 12.9 Å². The normalized spacial score (nSPS) is 19.6. The number of halogens is 1. The molecule has 0 aromatic heterocycles. The second-order valence-electron chi connectivity index (χ2n) is 3.98. The van der Waals surface area contributed by atoms with Gasteiger partial charge in [0.25, 0.3) is 0 Å². The number of carbonyl (C=O) groups excluding carboxylic acids is 1. The van der Waals surface area contributed by atoms with Crippen LogP contribution in [0, 0.1) is 0 Å². The number of nitrogens with zero attached hydrogens (tertiary/aromatic N) is 1. The quantitative estimate of drug-likeness (QED) is 0.861. The first-order chi connectivity index (χ1) is 8.22. The van der Waals surface area contributed by atoms with E-state index in [2.05, 4.69) is 0 Å². The average molecular weight is 235 g/mol. The van der Waals surface area contributed by atoms with E-state index in [1.165, 1.54) is 11.0 Å². The number of rotatable bonds is 4. The van der Waals surface area contributed by atoms with Gasteiger partial charge in [-0.25, -0.2) is 0 Å². The molecule has 90 valence electrons. The van der Waals surface area contributed by atoms with Gasteiger partial charge < -0.3 is 10.0 Å². The van der Waals surface area contributed by atoms with Crippen LogP contribution in [0.3, 0.4) is 0 Å². The highest BCUT2D eigenvalue weighted by atomic mass is 19.1.